The molecule has 21 heavy (non-hydrogen) atoms. The highest BCUT2D eigenvalue weighted by Crippen LogP contribution is 2.12. The Morgan fingerprint density at radius 1 is 1.38 bits per heavy atom. The van der Waals surface area contributed by atoms with E-state index in [0.29, 0.717) is 18.8 Å². The van der Waals surface area contributed by atoms with E-state index in [1.54, 1.807) is 0 Å². The summed E-state index contributed by atoms with van der Waals surface area (Å²) in [6, 6.07) is 7.19. The molecule has 1 aromatic rings. The van der Waals surface area contributed by atoms with Crippen LogP contribution in [0.5, 0.6) is 5.75 Å². The number of nitrogens with two attached hydrogens (primary N) is 1. The second-order valence-corrected chi connectivity index (χ2v) is 5.12. The summed E-state index contributed by atoms with van der Waals surface area (Å²) in [5.74, 6) is 0.485. The molecule has 0 radical (unpaired) electrons. The molecule has 114 valence electrons. The number of ether oxygens (including phenoxy) is 1. The molecule has 1 aliphatic heterocycles. The van der Waals surface area contributed by atoms with Crippen LogP contribution in [0.2, 0.25) is 0 Å². The number of aryl methyl sites for hydroxylation is 1. The van der Waals surface area contributed by atoms with Gasteiger partial charge in [0.2, 0.25) is 0 Å². The monoisotopic (exact) mass is 291 g/mol. The van der Waals surface area contributed by atoms with Crippen molar-refractivity contribution in [3.05, 3.63) is 29.8 Å². The van der Waals surface area contributed by atoms with Gasteiger partial charge in [-0.2, -0.15) is 0 Å². The average Bonchev–Trinajstić information content (AvgIpc) is 2.94. The summed E-state index contributed by atoms with van der Waals surface area (Å²) in [5.41, 5.74) is 6.42. The third-order valence-corrected chi connectivity index (χ3v) is 3.57. The minimum Gasteiger partial charge on any atom is -0.484 e. The van der Waals surface area contributed by atoms with Crippen LogP contribution in [0.3, 0.4) is 0 Å². The van der Waals surface area contributed by atoms with E-state index >= 15 is 0 Å². The SMILES string of the molecule is CCc1ccc(OCC(=O)N[C@H]2CCN(C(N)=O)C2)cc1. The molecule has 6 nitrogen and oxygen atoms in total. The molecule has 3 amide bonds. The molecule has 0 bridgehead atoms. The number of nitrogens with zero attached hydrogens (tertiary/aromatic N) is 1. The fourth-order valence-corrected chi connectivity index (χ4v) is 2.32. The Hall–Kier alpha value is -2.24. The molecule has 1 aromatic carbocycles. The van der Waals surface area contributed by atoms with E-state index in [2.05, 4.69) is 12.2 Å². The molecule has 0 unspecified atom stereocenters. The van der Waals surface area contributed by atoms with Gasteiger partial charge >= 0.3 is 6.03 Å². The van der Waals surface area contributed by atoms with Crippen LogP contribution in [-0.4, -0.2) is 42.6 Å². The summed E-state index contributed by atoms with van der Waals surface area (Å²) >= 11 is 0. The van der Waals surface area contributed by atoms with E-state index in [4.69, 9.17) is 10.5 Å². The number of hydrogen-bond acceptors (Lipinski definition) is 3. The Labute approximate surface area is 124 Å². The topological polar surface area (TPSA) is 84.7 Å². The van der Waals surface area contributed by atoms with Crippen LogP contribution in [0.4, 0.5) is 4.79 Å². The lowest BCUT2D eigenvalue weighted by molar-refractivity contribution is -0.123. The summed E-state index contributed by atoms with van der Waals surface area (Å²) in [7, 11) is 0. The zero-order chi connectivity index (χ0) is 15.2. The van der Waals surface area contributed by atoms with Gasteiger partial charge in [0.15, 0.2) is 6.61 Å². The van der Waals surface area contributed by atoms with Crippen LogP contribution < -0.4 is 15.8 Å². The van der Waals surface area contributed by atoms with Crippen LogP contribution in [0.25, 0.3) is 0 Å². The minimum atomic E-state index is -0.445. The fourth-order valence-electron chi connectivity index (χ4n) is 2.32. The third-order valence-electron chi connectivity index (χ3n) is 3.57. The van der Waals surface area contributed by atoms with Gasteiger partial charge in [-0.1, -0.05) is 19.1 Å². The molecular formula is C15H21N3O3. The van der Waals surface area contributed by atoms with Gasteiger partial charge in [0.25, 0.3) is 5.91 Å². The minimum absolute atomic E-state index is 0.0292. The zero-order valence-electron chi connectivity index (χ0n) is 12.2. The van der Waals surface area contributed by atoms with Crippen molar-refractivity contribution in [3.8, 4) is 5.75 Å². The second kappa shape index (κ2) is 6.97. The predicted octanol–water partition coefficient (Wildman–Crippen LogP) is 0.897. The molecule has 2 rings (SSSR count). The van der Waals surface area contributed by atoms with E-state index in [0.717, 1.165) is 12.8 Å². The molecule has 1 aliphatic rings. The van der Waals surface area contributed by atoms with Crippen molar-refractivity contribution >= 4 is 11.9 Å². The van der Waals surface area contributed by atoms with Crippen LogP contribution in [0, 0.1) is 0 Å². The largest absolute Gasteiger partial charge is 0.484 e. The van der Waals surface area contributed by atoms with Crippen molar-refractivity contribution < 1.29 is 14.3 Å². The van der Waals surface area contributed by atoms with E-state index < -0.39 is 6.03 Å². The number of benzene rings is 1. The van der Waals surface area contributed by atoms with Gasteiger partial charge in [-0.15, -0.1) is 0 Å². The lowest BCUT2D eigenvalue weighted by Crippen LogP contribution is -2.41. The highest BCUT2D eigenvalue weighted by atomic mass is 16.5. The summed E-state index contributed by atoms with van der Waals surface area (Å²) in [6.45, 7) is 3.10. The molecule has 1 heterocycles. The number of amides is 3. The summed E-state index contributed by atoms with van der Waals surface area (Å²) < 4.78 is 5.43. The van der Waals surface area contributed by atoms with Crippen LogP contribution in [0.15, 0.2) is 24.3 Å². The summed E-state index contributed by atoms with van der Waals surface area (Å²) in [6.07, 6.45) is 1.69. The molecule has 1 fully saturated rings. The Kier molecular flexibility index (Phi) is 5.03. The Balaban J connectivity index is 1.73. The van der Waals surface area contributed by atoms with Gasteiger partial charge in [-0.05, 0) is 30.5 Å². The molecule has 6 heteroatoms. The number of carbonyl (C=O) groups excluding carboxylic acids is 2. The lowest BCUT2D eigenvalue weighted by Gasteiger charge is -2.15. The molecule has 1 saturated heterocycles. The normalized spacial score (nSPS) is 17.6. The molecule has 1 atom stereocenters. The molecule has 0 spiro atoms. The van der Waals surface area contributed by atoms with E-state index in [1.807, 2.05) is 24.3 Å². The van der Waals surface area contributed by atoms with Gasteiger partial charge in [0, 0.05) is 19.1 Å². The summed E-state index contributed by atoms with van der Waals surface area (Å²) in [5, 5.41) is 2.84. The fraction of sp³-hybridized carbons (Fsp3) is 0.467. The van der Waals surface area contributed by atoms with Gasteiger partial charge in [-0.3, -0.25) is 4.79 Å². The van der Waals surface area contributed by atoms with E-state index in [1.165, 1.54) is 10.5 Å². The van der Waals surface area contributed by atoms with E-state index in [9.17, 15) is 9.59 Å². The second-order valence-electron chi connectivity index (χ2n) is 5.12. The van der Waals surface area contributed by atoms with Gasteiger partial charge in [0.05, 0.1) is 0 Å². The van der Waals surface area contributed by atoms with Gasteiger partial charge in [-0.25, -0.2) is 4.79 Å². The molecule has 3 N–H and O–H groups in total. The Morgan fingerprint density at radius 3 is 2.67 bits per heavy atom. The smallest absolute Gasteiger partial charge is 0.314 e. The van der Waals surface area contributed by atoms with Crippen molar-refractivity contribution in [1.82, 2.24) is 10.2 Å². The number of rotatable bonds is 5. The first-order valence-corrected chi connectivity index (χ1v) is 7.14. The van der Waals surface area contributed by atoms with Crippen molar-refractivity contribution in [2.75, 3.05) is 19.7 Å². The maximum Gasteiger partial charge on any atom is 0.314 e. The highest BCUT2D eigenvalue weighted by molar-refractivity contribution is 5.78. The number of nitrogens with one attached hydrogen (secondary N) is 1. The summed E-state index contributed by atoms with van der Waals surface area (Å²) in [4.78, 5) is 24.3. The predicted molar refractivity (Wildman–Crippen MR) is 79.0 cm³/mol. The van der Waals surface area contributed by atoms with E-state index in [-0.39, 0.29) is 18.6 Å². The maximum atomic E-state index is 11.8. The van der Waals surface area contributed by atoms with Crippen LogP contribution >= 0.6 is 0 Å². The van der Waals surface area contributed by atoms with Crippen molar-refractivity contribution in [1.29, 1.82) is 0 Å². The lowest BCUT2D eigenvalue weighted by atomic mass is 10.2. The standard InChI is InChI=1S/C15H21N3O3/c1-2-11-3-5-13(6-4-11)21-10-14(19)17-12-7-8-18(9-12)15(16)20/h3-6,12H,2,7-10H2,1H3,(H2,16,20)(H,17,19)/t12-/m0/s1. The molecule has 0 aromatic heterocycles. The van der Waals surface area contributed by atoms with Crippen LogP contribution in [-0.2, 0) is 11.2 Å². The van der Waals surface area contributed by atoms with Crippen LogP contribution in [0.1, 0.15) is 18.9 Å². The number of likely N-dealkylation sites (tertiary alicyclic amines) is 1. The highest BCUT2D eigenvalue weighted by Gasteiger charge is 2.25. The Morgan fingerprint density at radius 2 is 2.10 bits per heavy atom. The zero-order valence-corrected chi connectivity index (χ0v) is 12.2. The first-order chi connectivity index (χ1) is 10.1. The molecular weight excluding hydrogens is 270 g/mol. The van der Waals surface area contributed by atoms with Gasteiger partial charge < -0.3 is 20.7 Å². The number of hydrogen-bond donors (Lipinski definition) is 2. The number of primary amides is 1. The van der Waals surface area contributed by atoms with Crippen molar-refractivity contribution in [2.45, 2.75) is 25.8 Å². The first-order valence-electron chi connectivity index (χ1n) is 7.14. The number of carbonyl (C=O) groups is 2. The Bertz CT molecular complexity index is 501. The first kappa shape index (κ1) is 15.2. The molecule has 0 saturated carbocycles. The van der Waals surface area contributed by atoms with Crippen molar-refractivity contribution in [3.63, 3.8) is 0 Å². The third kappa shape index (κ3) is 4.37. The van der Waals surface area contributed by atoms with Gasteiger partial charge in [0.1, 0.15) is 5.75 Å². The molecule has 0 aliphatic carbocycles. The number of urea groups is 1. The maximum absolute atomic E-state index is 11.8. The van der Waals surface area contributed by atoms with Crippen molar-refractivity contribution in [2.24, 2.45) is 5.73 Å². The average molecular weight is 291 g/mol. The quantitative estimate of drug-likeness (QED) is 0.845.